The number of aromatic nitrogens is 8. The number of ether oxygens (including phenoxy) is 2. The lowest BCUT2D eigenvalue weighted by Crippen LogP contribution is -2.20. The van der Waals surface area contributed by atoms with E-state index in [4.69, 9.17) is 25.9 Å². The maximum absolute atomic E-state index is 13.5. The van der Waals surface area contributed by atoms with E-state index in [2.05, 4.69) is 33.7 Å². The quantitative estimate of drug-likeness (QED) is 0.0592. The Labute approximate surface area is 327 Å². The molecular weight excluding hydrogens is 731 g/mol. The van der Waals surface area contributed by atoms with Crippen LogP contribution in [0.5, 0.6) is 11.5 Å². The number of carbonyl (C=O) groups is 4. The molecule has 0 aliphatic carbocycles. The predicted octanol–water partition coefficient (Wildman–Crippen LogP) is 4.53. The Kier molecular flexibility index (Phi) is 11.7. The van der Waals surface area contributed by atoms with Crippen LogP contribution in [0.3, 0.4) is 0 Å². The number of primary amides is 2. The van der Waals surface area contributed by atoms with Crippen molar-refractivity contribution in [3.63, 3.8) is 0 Å². The highest BCUT2D eigenvalue weighted by atomic mass is 16.5. The Balaban J connectivity index is 1.25. The first-order valence-corrected chi connectivity index (χ1v) is 18.4. The van der Waals surface area contributed by atoms with Crippen LogP contribution in [0.15, 0.2) is 61.7 Å². The molecule has 3 amide bonds. The molecule has 0 aliphatic rings. The third-order valence-electron chi connectivity index (χ3n) is 9.15. The number of hydrogen-bond acceptors (Lipinski definition) is 10. The van der Waals surface area contributed by atoms with Crippen LogP contribution in [-0.2, 0) is 32.6 Å². The zero-order chi connectivity index (χ0) is 41.0. The summed E-state index contributed by atoms with van der Waals surface area (Å²) < 4.78 is 19.3. The SMILES string of the molecule is C=CCn1c(CC(=O)c2cc(C)nn2CC)nc2cc(C(N)=O)cc(OCCCOc3cc(C(N)=O)cc4nc(NC(=O)c5cc(C)nn5CC)n(CC=C)c34)c21. The van der Waals surface area contributed by atoms with Gasteiger partial charge < -0.3 is 30.1 Å². The minimum atomic E-state index is -0.682. The van der Waals surface area contributed by atoms with Crippen LogP contribution >= 0.6 is 0 Å². The molecule has 4 aromatic heterocycles. The van der Waals surface area contributed by atoms with E-state index in [1.165, 1.54) is 12.1 Å². The minimum absolute atomic E-state index is 0.0252. The number of ketones is 1. The van der Waals surface area contributed by atoms with Crippen LogP contribution in [0, 0.1) is 13.8 Å². The maximum atomic E-state index is 13.5. The molecule has 0 spiro atoms. The zero-order valence-corrected chi connectivity index (χ0v) is 32.4. The van der Waals surface area contributed by atoms with Gasteiger partial charge >= 0.3 is 0 Å². The molecule has 17 nitrogen and oxygen atoms in total. The van der Waals surface area contributed by atoms with Gasteiger partial charge in [0.2, 0.25) is 17.8 Å². The second-order valence-corrected chi connectivity index (χ2v) is 13.3. The van der Waals surface area contributed by atoms with E-state index in [-0.39, 0.29) is 49.0 Å². The van der Waals surface area contributed by atoms with Gasteiger partial charge in [-0.05, 0) is 64.1 Å². The lowest BCUT2D eigenvalue weighted by atomic mass is 10.1. The molecule has 296 valence electrons. The number of nitrogens with two attached hydrogens (primary N) is 2. The van der Waals surface area contributed by atoms with Gasteiger partial charge in [-0.3, -0.25) is 33.9 Å². The van der Waals surface area contributed by atoms with E-state index in [0.29, 0.717) is 82.5 Å². The topological polar surface area (TPSA) is 222 Å². The average Bonchev–Trinajstić information content (AvgIpc) is 3.94. The van der Waals surface area contributed by atoms with E-state index in [1.807, 2.05) is 25.3 Å². The highest BCUT2D eigenvalue weighted by molar-refractivity contribution is 6.04. The number of anilines is 1. The number of fused-ring (bicyclic) bond motifs is 2. The molecule has 2 aromatic carbocycles. The van der Waals surface area contributed by atoms with Gasteiger partial charge in [-0.1, -0.05) is 12.2 Å². The van der Waals surface area contributed by atoms with Crippen molar-refractivity contribution >= 4 is 51.5 Å². The van der Waals surface area contributed by atoms with Gasteiger partial charge in [-0.2, -0.15) is 10.2 Å². The highest BCUT2D eigenvalue weighted by Crippen LogP contribution is 2.33. The Hall–Kier alpha value is -7.04. The molecule has 0 aliphatic heterocycles. The van der Waals surface area contributed by atoms with Crippen LogP contribution in [-0.4, -0.2) is 75.4 Å². The molecule has 0 atom stereocenters. The summed E-state index contributed by atoms with van der Waals surface area (Å²) in [6, 6.07) is 9.62. The van der Waals surface area contributed by atoms with Gasteiger partial charge in [0.25, 0.3) is 5.91 Å². The first-order valence-electron chi connectivity index (χ1n) is 18.4. The van der Waals surface area contributed by atoms with Crippen LogP contribution in [0.1, 0.15) is 79.2 Å². The molecule has 6 rings (SSSR count). The number of nitrogens with zero attached hydrogens (tertiary/aromatic N) is 8. The molecule has 0 saturated heterocycles. The molecule has 0 unspecified atom stereocenters. The van der Waals surface area contributed by atoms with Crippen molar-refractivity contribution in [2.24, 2.45) is 11.5 Å². The zero-order valence-electron chi connectivity index (χ0n) is 32.4. The number of aryl methyl sites for hydroxylation is 4. The molecule has 0 fully saturated rings. The van der Waals surface area contributed by atoms with Crippen molar-refractivity contribution in [3.8, 4) is 11.5 Å². The average molecular weight is 776 g/mol. The molecule has 0 saturated carbocycles. The van der Waals surface area contributed by atoms with Gasteiger partial charge in [0, 0.05) is 43.7 Å². The van der Waals surface area contributed by atoms with Gasteiger partial charge in [0.05, 0.1) is 42.1 Å². The van der Waals surface area contributed by atoms with E-state index in [9.17, 15) is 19.2 Å². The summed E-state index contributed by atoms with van der Waals surface area (Å²) in [6.45, 7) is 17.1. The summed E-state index contributed by atoms with van der Waals surface area (Å²) in [7, 11) is 0. The van der Waals surface area contributed by atoms with Crippen molar-refractivity contribution in [2.45, 2.75) is 66.7 Å². The van der Waals surface area contributed by atoms with Gasteiger partial charge in [-0.25, -0.2) is 9.97 Å². The second kappa shape index (κ2) is 16.8. The largest absolute Gasteiger partial charge is 0.491 e. The molecular formula is C40H45N11O6. The molecule has 4 heterocycles. The summed E-state index contributed by atoms with van der Waals surface area (Å²) >= 11 is 0. The lowest BCUT2D eigenvalue weighted by molar-refractivity contribution is 0.0975. The van der Waals surface area contributed by atoms with Crippen molar-refractivity contribution < 1.29 is 28.7 Å². The number of rotatable bonds is 19. The molecule has 57 heavy (non-hydrogen) atoms. The number of nitrogens with one attached hydrogen (secondary N) is 1. The fourth-order valence-corrected chi connectivity index (χ4v) is 6.68. The van der Waals surface area contributed by atoms with E-state index in [1.54, 1.807) is 57.3 Å². The van der Waals surface area contributed by atoms with Crippen LogP contribution in [0.2, 0.25) is 0 Å². The number of amides is 3. The van der Waals surface area contributed by atoms with Crippen molar-refractivity contribution in [2.75, 3.05) is 18.5 Å². The second-order valence-electron chi connectivity index (χ2n) is 13.3. The first kappa shape index (κ1) is 39.6. The van der Waals surface area contributed by atoms with Crippen LogP contribution in [0.25, 0.3) is 22.1 Å². The van der Waals surface area contributed by atoms with Crippen LogP contribution in [0.4, 0.5) is 5.95 Å². The minimum Gasteiger partial charge on any atom is -0.491 e. The molecule has 0 radical (unpaired) electrons. The predicted molar refractivity (Wildman–Crippen MR) is 214 cm³/mol. The Morgan fingerprint density at radius 3 is 1.79 bits per heavy atom. The summed E-state index contributed by atoms with van der Waals surface area (Å²) in [4.78, 5) is 60.9. The number of Topliss-reactive ketones (excluding diaryl/α,β-unsaturated/α-hetero) is 1. The molecule has 5 N–H and O–H groups in total. The van der Waals surface area contributed by atoms with E-state index in [0.717, 1.165) is 5.69 Å². The summed E-state index contributed by atoms with van der Waals surface area (Å²) in [5, 5.41) is 11.6. The van der Waals surface area contributed by atoms with Gasteiger partial charge in [0.15, 0.2) is 5.78 Å². The van der Waals surface area contributed by atoms with Crippen molar-refractivity contribution in [1.82, 2.24) is 38.7 Å². The third-order valence-corrected chi connectivity index (χ3v) is 9.15. The molecule has 6 aromatic rings. The Morgan fingerprint density at radius 2 is 1.25 bits per heavy atom. The summed E-state index contributed by atoms with van der Waals surface area (Å²) in [5.74, 6) is -0.597. The summed E-state index contributed by atoms with van der Waals surface area (Å²) in [6.07, 6.45) is 3.66. The molecule has 0 bridgehead atoms. The highest BCUT2D eigenvalue weighted by Gasteiger charge is 2.24. The normalized spacial score (nSPS) is 11.2. The fourth-order valence-electron chi connectivity index (χ4n) is 6.68. The third kappa shape index (κ3) is 8.17. The standard InChI is InChI=1S/C40H45N11O6/c1-7-12-48-34(22-31(52)29-16-23(5)46-50(29)9-3)43-27-18-25(37(41)53)20-32(35(27)48)56-14-11-15-57-33-21-26(38(42)54)19-28-36(33)49(13-8-2)40(44-28)45-39(55)30-17-24(6)47-51(30)10-4/h7-8,16-21H,1-2,9-15,22H2,3-6H3,(H2,41,53)(H2,42,54)(H,44,45,55). The lowest BCUT2D eigenvalue weighted by Gasteiger charge is -2.14. The maximum Gasteiger partial charge on any atom is 0.276 e. The monoisotopic (exact) mass is 775 g/mol. The Morgan fingerprint density at radius 1 is 0.737 bits per heavy atom. The number of allylic oxidation sites excluding steroid dienone is 2. The van der Waals surface area contributed by atoms with Gasteiger partial charge in [-0.15, -0.1) is 13.2 Å². The molecule has 17 heteroatoms. The number of carbonyl (C=O) groups excluding carboxylic acids is 4. The van der Waals surface area contributed by atoms with Crippen molar-refractivity contribution in [1.29, 1.82) is 0 Å². The number of hydrogen-bond donors (Lipinski definition) is 3. The van der Waals surface area contributed by atoms with E-state index >= 15 is 0 Å². The number of imidazole rings is 2. The number of benzene rings is 2. The van der Waals surface area contributed by atoms with Gasteiger partial charge in [0.1, 0.15) is 39.7 Å². The van der Waals surface area contributed by atoms with Crippen molar-refractivity contribution in [3.05, 3.63) is 101 Å². The van der Waals surface area contributed by atoms with Crippen LogP contribution < -0.4 is 26.3 Å². The Bertz CT molecular complexity index is 2380. The van der Waals surface area contributed by atoms with E-state index < -0.39 is 17.7 Å². The fraction of sp³-hybridized carbons (Fsp3) is 0.300. The first-order chi connectivity index (χ1) is 27.4. The summed E-state index contributed by atoms with van der Waals surface area (Å²) in [5.41, 5.74) is 15.9. The smallest absolute Gasteiger partial charge is 0.276 e.